The number of rotatable bonds is 4. The van der Waals surface area contributed by atoms with E-state index in [0.717, 1.165) is 16.6 Å². The van der Waals surface area contributed by atoms with Crippen molar-refractivity contribution < 1.29 is 5.11 Å². The Kier molecular flexibility index (Phi) is 4.41. The molecule has 3 nitrogen and oxygen atoms in total. The fourth-order valence-corrected chi connectivity index (χ4v) is 2.14. The van der Waals surface area contributed by atoms with E-state index in [1.807, 2.05) is 12.1 Å². The second-order valence-corrected chi connectivity index (χ2v) is 6.49. The van der Waals surface area contributed by atoms with Crippen molar-refractivity contribution in [2.45, 2.75) is 45.8 Å². The number of aryl methyl sites for hydroxylation is 1. The number of fused-ring (bicyclic) bond motifs is 1. The fraction of sp³-hybridized carbons (Fsp3) is 0.471. The van der Waals surface area contributed by atoms with E-state index in [4.69, 9.17) is 0 Å². The molecule has 1 atom stereocenters. The van der Waals surface area contributed by atoms with Crippen LogP contribution in [0.15, 0.2) is 30.3 Å². The molecule has 2 rings (SSSR count). The first-order chi connectivity index (χ1) is 9.33. The summed E-state index contributed by atoms with van der Waals surface area (Å²) >= 11 is 0. The third-order valence-corrected chi connectivity index (χ3v) is 3.22. The molecular weight excluding hydrogens is 248 g/mol. The van der Waals surface area contributed by atoms with Gasteiger partial charge in [-0.2, -0.15) is 0 Å². The van der Waals surface area contributed by atoms with Gasteiger partial charge in [0.05, 0.1) is 11.6 Å². The van der Waals surface area contributed by atoms with E-state index in [-0.39, 0.29) is 5.54 Å². The van der Waals surface area contributed by atoms with Crippen molar-refractivity contribution in [3.05, 3.63) is 41.6 Å². The van der Waals surface area contributed by atoms with E-state index in [9.17, 15) is 5.11 Å². The van der Waals surface area contributed by atoms with Crippen LogP contribution in [0.3, 0.4) is 0 Å². The standard InChI is InChI=1S/C17H24N2O/c1-12-5-8-16-13(9-12)6-7-14(19-16)10-15(20)11-18-17(2,3)4/h5-9,15,18,20H,10-11H2,1-4H3/t15-/m0/s1. The van der Waals surface area contributed by atoms with Crippen LogP contribution in [0.1, 0.15) is 32.0 Å². The van der Waals surface area contributed by atoms with Crippen LogP contribution in [0.2, 0.25) is 0 Å². The predicted octanol–water partition coefficient (Wildman–Crippen LogP) is 2.83. The summed E-state index contributed by atoms with van der Waals surface area (Å²) in [6.45, 7) is 8.94. The van der Waals surface area contributed by atoms with Gasteiger partial charge in [0.25, 0.3) is 0 Å². The van der Waals surface area contributed by atoms with Crippen LogP contribution in [-0.2, 0) is 6.42 Å². The lowest BCUT2D eigenvalue weighted by molar-refractivity contribution is 0.160. The van der Waals surface area contributed by atoms with Gasteiger partial charge in [-0.15, -0.1) is 0 Å². The van der Waals surface area contributed by atoms with Gasteiger partial charge in [0.15, 0.2) is 0 Å². The summed E-state index contributed by atoms with van der Waals surface area (Å²) in [5.41, 5.74) is 3.19. The maximum Gasteiger partial charge on any atom is 0.0720 e. The zero-order valence-electron chi connectivity index (χ0n) is 12.8. The summed E-state index contributed by atoms with van der Waals surface area (Å²) in [5.74, 6) is 0. The number of nitrogens with one attached hydrogen (secondary N) is 1. The average molecular weight is 272 g/mol. The molecule has 1 heterocycles. The molecule has 2 N–H and O–H groups in total. The Bertz CT molecular complexity index is 587. The maximum atomic E-state index is 10.1. The highest BCUT2D eigenvalue weighted by Crippen LogP contribution is 2.15. The smallest absolute Gasteiger partial charge is 0.0720 e. The number of aliphatic hydroxyl groups excluding tert-OH is 1. The Balaban J connectivity index is 2.04. The van der Waals surface area contributed by atoms with Crippen LogP contribution in [-0.4, -0.2) is 28.3 Å². The lowest BCUT2D eigenvalue weighted by Crippen LogP contribution is -2.41. The SMILES string of the molecule is Cc1ccc2nc(C[C@H](O)CNC(C)(C)C)ccc2c1. The highest BCUT2D eigenvalue weighted by atomic mass is 16.3. The zero-order chi connectivity index (χ0) is 14.8. The third kappa shape index (κ3) is 4.29. The summed E-state index contributed by atoms with van der Waals surface area (Å²) in [4.78, 5) is 4.61. The molecule has 0 fully saturated rings. The molecule has 20 heavy (non-hydrogen) atoms. The third-order valence-electron chi connectivity index (χ3n) is 3.22. The minimum absolute atomic E-state index is 0.0231. The van der Waals surface area contributed by atoms with Gasteiger partial charge in [0.1, 0.15) is 0 Å². The highest BCUT2D eigenvalue weighted by molar-refractivity contribution is 5.79. The van der Waals surface area contributed by atoms with Crippen molar-refractivity contribution in [2.24, 2.45) is 0 Å². The summed E-state index contributed by atoms with van der Waals surface area (Å²) in [6, 6.07) is 10.3. The zero-order valence-corrected chi connectivity index (χ0v) is 12.8. The number of aliphatic hydroxyl groups is 1. The number of pyridine rings is 1. The molecule has 0 aliphatic rings. The highest BCUT2D eigenvalue weighted by Gasteiger charge is 2.13. The average Bonchev–Trinajstić information content (AvgIpc) is 2.36. The molecule has 1 aromatic heterocycles. The topological polar surface area (TPSA) is 45.2 Å². The van der Waals surface area contributed by atoms with Crippen LogP contribution in [0, 0.1) is 6.92 Å². The molecule has 0 aliphatic heterocycles. The normalized spacial score (nSPS) is 13.7. The maximum absolute atomic E-state index is 10.1. The first-order valence-corrected chi connectivity index (χ1v) is 7.13. The van der Waals surface area contributed by atoms with Crippen molar-refractivity contribution in [1.29, 1.82) is 0 Å². The largest absolute Gasteiger partial charge is 0.391 e. The molecule has 0 saturated heterocycles. The predicted molar refractivity (Wildman–Crippen MR) is 83.9 cm³/mol. The van der Waals surface area contributed by atoms with E-state index in [0.29, 0.717) is 13.0 Å². The second-order valence-electron chi connectivity index (χ2n) is 6.49. The molecule has 0 bridgehead atoms. The minimum atomic E-state index is -0.412. The molecular formula is C17H24N2O. The Hall–Kier alpha value is -1.45. The van der Waals surface area contributed by atoms with Gasteiger partial charge in [-0.25, -0.2) is 0 Å². The monoisotopic (exact) mass is 272 g/mol. The molecule has 108 valence electrons. The van der Waals surface area contributed by atoms with Crippen molar-refractivity contribution in [3.63, 3.8) is 0 Å². The van der Waals surface area contributed by atoms with Gasteiger partial charge in [0.2, 0.25) is 0 Å². The van der Waals surface area contributed by atoms with E-state index >= 15 is 0 Å². The molecule has 0 radical (unpaired) electrons. The molecule has 0 unspecified atom stereocenters. The molecule has 0 saturated carbocycles. The van der Waals surface area contributed by atoms with Crippen LogP contribution in [0.4, 0.5) is 0 Å². The van der Waals surface area contributed by atoms with Gasteiger partial charge in [0, 0.05) is 29.6 Å². The van der Waals surface area contributed by atoms with E-state index in [1.165, 1.54) is 5.56 Å². The number of benzene rings is 1. The number of hydrogen-bond donors (Lipinski definition) is 2. The summed E-state index contributed by atoms with van der Waals surface area (Å²) in [5, 5.41) is 14.5. The Labute approximate surface area is 121 Å². The molecule has 3 heteroatoms. The molecule has 2 aromatic rings. The van der Waals surface area contributed by atoms with Gasteiger partial charge >= 0.3 is 0 Å². The fourth-order valence-electron chi connectivity index (χ4n) is 2.14. The molecule has 0 aliphatic carbocycles. The van der Waals surface area contributed by atoms with E-state index < -0.39 is 6.10 Å². The van der Waals surface area contributed by atoms with E-state index in [1.54, 1.807) is 0 Å². The van der Waals surface area contributed by atoms with Crippen LogP contribution in [0.5, 0.6) is 0 Å². The lowest BCUT2D eigenvalue weighted by Gasteiger charge is -2.22. The van der Waals surface area contributed by atoms with Gasteiger partial charge < -0.3 is 10.4 Å². The second kappa shape index (κ2) is 5.90. The van der Waals surface area contributed by atoms with E-state index in [2.05, 4.69) is 56.2 Å². The summed E-state index contributed by atoms with van der Waals surface area (Å²) < 4.78 is 0. The number of hydrogen-bond acceptors (Lipinski definition) is 3. The van der Waals surface area contributed by atoms with Crippen molar-refractivity contribution in [1.82, 2.24) is 10.3 Å². The molecule has 0 spiro atoms. The lowest BCUT2D eigenvalue weighted by atomic mass is 10.1. The van der Waals surface area contributed by atoms with Gasteiger partial charge in [-0.3, -0.25) is 4.98 Å². The summed E-state index contributed by atoms with van der Waals surface area (Å²) in [7, 11) is 0. The number of β-amino-alcohol motifs (C(OH)–C–C–N with tert-alkyl or cyclic N) is 1. The first kappa shape index (κ1) is 14.9. The molecule has 0 amide bonds. The molecule has 1 aromatic carbocycles. The van der Waals surface area contributed by atoms with Crippen molar-refractivity contribution in [3.8, 4) is 0 Å². The van der Waals surface area contributed by atoms with Gasteiger partial charge in [-0.05, 0) is 45.9 Å². The number of aromatic nitrogens is 1. The summed E-state index contributed by atoms with van der Waals surface area (Å²) in [6.07, 6.45) is 0.164. The van der Waals surface area contributed by atoms with Gasteiger partial charge in [-0.1, -0.05) is 17.7 Å². The minimum Gasteiger partial charge on any atom is -0.391 e. The number of nitrogens with zero attached hydrogens (tertiary/aromatic N) is 1. The van der Waals surface area contributed by atoms with Crippen LogP contribution >= 0.6 is 0 Å². The Morgan fingerprint density at radius 3 is 2.65 bits per heavy atom. The first-order valence-electron chi connectivity index (χ1n) is 7.13. The quantitative estimate of drug-likeness (QED) is 0.899. The van der Waals surface area contributed by atoms with Crippen LogP contribution in [0.25, 0.3) is 10.9 Å². The van der Waals surface area contributed by atoms with Crippen molar-refractivity contribution >= 4 is 10.9 Å². The Morgan fingerprint density at radius 2 is 1.95 bits per heavy atom. The van der Waals surface area contributed by atoms with Crippen molar-refractivity contribution in [2.75, 3.05) is 6.54 Å². The van der Waals surface area contributed by atoms with Crippen LogP contribution < -0.4 is 5.32 Å². The Morgan fingerprint density at radius 1 is 1.20 bits per heavy atom.